The van der Waals surface area contributed by atoms with Crippen molar-refractivity contribution < 1.29 is 9.18 Å². The Balaban J connectivity index is 2.96. The number of hydrogen-bond acceptors (Lipinski definition) is 1. The Morgan fingerprint density at radius 2 is 2.17 bits per heavy atom. The smallest absolute Gasteiger partial charge is 0.142 e. The van der Waals surface area contributed by atoms with E-state index in [9.17, 15) is 9.18 Å². The van der Waals surface area contributed by atoms with Gasteiger partial charge in [0.1, 0.15) is 19.9 Å². The van der Waals surface area contributed by atoms with Crippen LogP contribution in [0.15, 0.2) is 24.3 Å². The highest BCUT2D eigenvalue weighted by atomic mass is 19.1. The van der Waals surface area contributed by atoms with E-state index < -0.39 is 5.82 Å². The zero-order chi connectivity index (χ0) is 8.97. The van der Waals surface area contributed by atoms with Gasteiger partial charge in [-0.1, -0.05) is 23.7 Å². The molecule has 3 heteroatoms. The van der Waals surface area contributed by atoms with Crippen molar-refractivity contribution in [2.24, 2.45) is 0 Å². The van der Waals surface area contributed by atoms with Gasteiger partial charge >= 0.3 is 0 Å². The highest BCUT2D eigenvalue weighted by Gasteiger charge is 1.94. The predicted molar refractivity (Wildman–Crippen MR) is 46.9 cm³/mol. The van der Waals surface area contributed by atoms with Gasteiger partial charge in [0, 0.05) is 0 Å². The van der Waals surface area contributed by atoms with Crippen molar-refractivity contribution in [2.75, 3.05) is 0 Å². The number of rotatable bonds is 2. The average molecular weight is 160 g/mol. The molecule has 0 aliphatic rings. The van der Waals surface area contributed by atoms with Gasteiger partial charge in [-0.15, -0.1) is 0 Å². The number of carbonyl (C=O) groups excluding carboxylic acids is 1. The van der Waals surface area contributed by atoms with Gasteiger partial charge < -0.3 is 0 Å². The molecular formula is C9H6BFO. The van der Waals surface area contributed by atoms with Crippen LogP contribution < -0.4 is 5.46 Å². The third-order valence-corrected chi connectivity index (χ3v) is 1.39. The van der Waals surface area contributed by atoms with Gasteiger partial charge in [0.2, 0.25) is 0 Å². The van der Waals surface area contributed by atoms with Crippen molar-refractivity contribution in [3.8, 4) is 0 Å². The third kappa shape index (κ3) is 2.05. The van der Waals surface area contributed by atoms with Gasteiger partial charge in [0.25, 0.3) is 0 Å². The summed E-state index contributed by atoms with van der Waals surface area (Å²) in [6.07, 6.45) is 3.44. The van der Waals surface area contributed by atoms with E-state index in [-0.39, 0.29) is 5.46 Å². The molecular weight excluding hydrogens is 154 g/mol. The van der Waals surface area contributed by atoms with E-state index in [0.717, 1.165) is 0 Å². The molecule has 0 amide bonds. The molecule has 0 atom stereocenters. The van der Waals surface area contributed by atoms with Crippen LogP contribution in [-0.2, 0) is 4.79 Å². The van der Waals surface area contributed by atoms with Gasteiger partial charge in [-0.3, -0.25) is 4.79 Å². The van der Waals surface area contributed by atoms with E-state index in [4.69, 9.17) is 7.85 Å². The van der Waals surface area contributed by atoms with Crippen LogP contribution in [0.3, 0.4) is 0 Å². The molecule has 2 radical (unpaired) electrons. The summed E-state index contributed by atoms with van der Waals surface area (Å²) in [5.41, 5.74) is 0.729. The van der Waals surface area contributed by atoms with Crippen molar-refractivity contribution in [3.05, 3.63) is 35.7 Å². The van der Waals surface area contributed by atoms with Crippen LogP contribution in [0.1, 0.15) is 5.56 Å². The molecule has 1 aromatic rings. The van der Waals surface area contributed by atoms with Gasteiger partial charge in [0.05, 0.1) is 0 Å². The average Bonchev–Trinajstić information content (AvgIpc) is 2.07. The van der Waals surface area contributed by atoms with Crippen LogP contribution in [0.25, 0.3) is 6.08 Å². The van der Waals surface area contributed by atoms with Crippen molar-refractivity contribution in [1.29, 1.82) is 0 Å². The predicted octanol–water partition coefficient (Wildman–Crippen LogP) is 0.832. The summed E-state index contributed by atoms with van der Waals surface area (Å²) < 4.78 is 12.8. The molecule has 0 spiro atoms. The summed E-state index contributed by atoms with van der Waals surface area (Å²) in [5.74, 6) is -0.469. The van der Waals surface area contributed by atoms with E-state index in [1.54, 1.807) is 6.07 Å². The summed E-state index contributed by atoms with van der Waals surface area (Å²) in [4.78, 5) is 9.92. The van der Waals surface area contributed by atoms with E-state index in [2.05, 4.69) is 0 Å². The summed E-state index contributed by atoms with van der Waals surface area (Å²) in [6, 6.07) is 4.37. The third-order valence-electron chi connectivity index (χ3n) is 1.39. The second-order valence-corrected chi connectivity index (χ2v) is 2.28. The maximum Gasteiger partial charge on any atom is 0.142 e. The minimum atomic E-state index is -0.469. The standard InChI is InChI=1S/C9H6BFO/c10-8-4-3-7(2-1-5-12)6-9(8)11/h1-6H/b2-1+. The minimum absolute atomic E-state index is 0.109. The van der Waals surface area contributed by atoms with Crippen LogP contribution in [0.4, 0.5) is 4.39 Å². The number of hydrogen-bond donors (Lipinski definition) is 0. The number of benzene rings is 1. The van der Waals surface area contributed by atoms with Gasteiger partial charge in [-0.2, -0.15) is 0 Å². The number of aldehydes is 1. The van der Waals surface area contributed by atoms with Crippen molar-refractivity contribution in [2.45, 2.75) is 0 Å². The lowest BCUT2D eigenvalue weighted by Crippen LogP contribution is -2.07. The minimum Gasteiger partial charge on any atom is -0.299 e. The molecule has 58 valence electrons. The van der Waals surface area contributed by atoms with Crippen LogP contribution in [0.2, 0.25) is 0 Å². The molecule has 0 aliphatic carbocycles. The van der Waals surface area contributed by atoms with Crippen LogP contribution in [-0.4, -0.2) is 14.1 Å². The molecule has 0 fully saturated rings. The van der Waals surface area contributed by atoms with E-state index in [0.29, 0.717) is 11.8 Å². The fourth-order valence-corrected chi connectivity index (χ4v) is 0.797. The molecule has 0 bridgehead atoms. The Morgan fingerprint density at radius 3 is 2.75 bits per heavy atom. The second-order valence-electron chi connectivity index (χ2n) is 2.28. The Labute approximate surface area is 71.3 Å². The first kappa shape index (κ1) is 8.72. The number of carbonyl (C=O) groups is 1. The van der Waals surface area contributed by atoms with Crippen LogP contribution >= 0.6 is 0 Å². The van der Waals surface area contributed by atoms with E-state index >= 15 is 0 Å². The molecule has 0 N–H and O–H groups in total. The van der Waals surface area contributed by atoms with E-state index in [1.165, 1.54) is 24.3 Å². The first-order valence-electron chi connectivity index (χ1n) is 3.41. The SMILES string of the molecule is [B]c1ccc(/C=C/C=O)cc1F. The van der Waals surface area contributed by atoms with Crippen LogP contribution in [0, 0.1) is 5.82 Å². The molecule has 1 aromatic carbocycles. The Morgan fingerprint density at radius 1 is 1.42 bits per heavy atom. The lowest BCUT2D eigenvalue weighted by molar-refractivity contribution is -0.104. The number of halogens is 1. The van der Waals surface area contributed by atoms with Crippen molar-refractivity contribution >= 4 is 25.7 Å². The fraction of sp³-hybridized carbons (Fsp3) is 0. The zero-order valence-corrected chi connectivity index (χ0v) is 6.33. The largest absolute Gasteiger partial charge is 0.299 e. The Bertz CT molecular complexity index is 320. The Hall–Kier alpha value is -1.38. The highest BCUT2D eigenvalue weighted by Crippen LogP contribution is 2.02. The highest BCUT2D eigenvalue weighted by molar-refractivity contribution is 6.32. The van der Waals surface area contributed by atoms with Crippen LogP contribution in [0.5, 0.6) is 0 Å². The molecule has 1 nitrogen and oxygen atoms in total. The lowest BCUT2D eigenvalue weighted by atomic mass is 9.94. The van der Waals surface area contributed by atoms with Gasteiger partial charge in [-0.05, 0) is 17.7 Å². The summed E-state index contributed by atoms with van der Waals surface area (Å²) in [6.45, 7) is 0. The summed E-state index contributed by atoms with van der Waals surface area (Å²) in [7, 11) is 5.25. The fourth-order valence-electron chi connectivity index (χ4n) is 0.797. The molecule has 0 saturated heterocycles. The second kappa shape index (κ2) is 3.86. The van der Waals surface area contributed by atoms with Crippen molar-refractivity contribution in [3.63, 3.8) is 0 Å². The Kier molecular flexibility index (Phi) is 2.80. The monoisotopic (exact) mass is 160 g/mol. The number of allylic oxidation sites excluding steroid dienone is 1. The van der Waals surface area contributed by atoms with Gasteiger partial charge in [0.15, 0.2) is 0 Å². The maximum atomic E-state index is 12.8. The first-order valence-corrected chi connectivity index (χ1v) is 3.41. The molecule has 0 saturated carbocycles. The molecule has 1 rings (SSSR count). The lowest BCUT2D eigenvalue weighted by Gasteiger charge is -1.96. The first-order chi connectivity index (χ1) is 5.74. The molecule has 0 heterocycles. The quantitative estimate of drug-likeness (QED) is 0.355. The maximum absolute atomic E-state index is 12.8. The summed E-state index contributed by atoms with van der Waals surface area (Å²) in [5, 5.41) is 0. The molecule has 12 heavy (non-hydrogen) atoms. The van der Waals surface area contributed by atoms with Gasteiger partial charge in [-0.25, -0.2) is 4.39 Å². The normalized spacial score (nSPS) is 10.4. The topological polar surface area (TPSA) is 17.1 Å². The molecule has 0 unspecified atom stereocenters. The van der Waals surface area contributed by atoms with E-state index in [1.807, 2.05) is 0 Å². The molecule has 0 aliphatic heterocycles. The van der Waals surface area contributed by atoms with Crippen molar-refractivity contribution in [1.82, 2.24) is 0 Å². The summed E-state index contributed by atoms with van der Waals surface area (Å²) >= 11 is 0. The molecule has 0 aromatic heterocycles. The zero-order valence-electron chi connectivity index (χ0n) is 6.33.